The largest absolute Gasteiger partial charge is 0.364 e. The molecule has 0 atom stereocenters. The molecular formula is C18H18ClN3O2. The zero-order valence-corrected chi connectivity index (χ0v) is 13.9. The molecule has 0 spiro atoms. The SMILES string of the molecule is NC(=O)c1ccc(C(=O)N2CCC(c3ccc(Cl)cc3)CC2)cn1. The number of nitrogens with two attached hydrogens (primary N) is 1. The predicted molar refractivity (Wildman–Crippen MR) is 92.1 cm³/mol. The molecule has 3 rings (SSSR count). The average molecular weight is 344 g/mol. The number of aromatic nitrogens is 1. The van der Waals surface area contributed by atoms with Crippen molar-refractivity contribution < 1.29 is 9.59 Å². The number of rotatable bonds is 3. The lowest BCUT2D eigenvalue weighted by Gasteiger charge is -2.32. The maximum Gasteiger partial charge on any atom is 0.267 e. The number of nitrogens with zero attached hydrogens (tertiary/aromatic N) is 2. The first-order chi connectivity index (χ1) is 11.5. The monoisotopic (exact) mass is 343 g/mol. The van der Waals surface area contributed by atoms with E-state index in [1.807, 2.05) is 17.0 Å². The van der Waals surface area contributed by atoms with Gasteiger partial charge in [-0.25, -0.2) is 0 Å². The highest BCUT2D eigenvalue weighted by Gasteiger charge is 2.24. The van der Waals surface area contributed by atoms with Gasteiger partial charge in [-0.2, -0.15) is 0 Å². The van der Waals surface area contributed by atoms with Gasteiger partial charge in [0, 0.05) is 24.3 Å². The lowest BCUT2D eigenvalue weighted by atomic mass is 9.89. The summed E-state index contributed by atoms with van der Waals surface area (Å²) in [6.45, 7) is 1.40. The van der Waals surface area contributed by atoms with Crippen molar-refractivity contribution in [1.82, 2.24) is 9.88 Å². The number of hydrogen-bond acceptors (Lipinski definition) is 3. The highest BCUT2D eigenvalue weighted by atomic mass is 35.5. The molecule has 2 heterocycles. The Labute approximate surface area is 145 Å². The smallest absolute Gasteiger partial charge is 0.267 e. The Morgan fingerprint density at radius 1 is 1.08 bits per heavy atom. The minimum atomic E-state index is -0.599. The third kappa shape index (κ3) is 3.57. The maximum absolute atomic E-state index is 12.5. The van der Waals surface area contributed by atoms with Crippen LogP contribution in [0.3, 0.4) is 0 Å². The van der Waals surface area contributed by atoms with Gasteiger partial charge in [0.1, 0.15) is 5.69 Å². The lowest BCUT2D eigenvalue weighted by molar-refractivity contribution is 0.0712. The fourth-order valence-electron chi connectivity index (χ4n) is 3.00. The van der Waals surface area contributed by atoms with Gasteiger partial charge in [0.2, 0.25) is 0 Å². The first-order valence-corrected chi connectivity index (χ1v) is 8.23. The molecule has 124 valence electrons. The molecule has 1 saturated heterocycles. The fraction of sp³-hybridized carbons (Fsp3) is 0.278. The zero-order chi connectivity index (χ0) is 17.1. The Hall–Kier alpha value is -2.40. The molecule has 0 saturated carbocycles. The van der Waals surface area contributed by atoms with Crippen LogP contribution in [0.25, 0.3) is 0 Å². The molecule has 0 unspecified atom stereocenters. The molecule has 0 bridgehead atoms. The molecule has 1 aromatic carbocycles. The first kappa shape index (κ1) is 16.5. The summed E-state index contributed by atoms with van der Waals surface area (Å²) in [6, 6.07) is 11.0. The van der Waals surface area contributed by atoms with Crippen LogP contribution in [-0.4, -0.2) is 34.8 Å². The van der Waals surface area contributed by atoms with E-state index in [1.165, 1.54) is 17.8 Å². The number of likely N-dealkylation sites (tertiary alicyclic amines) is 1. The maximum atomic E-state index is 12.5. The zero-order valence-electron chi connectivity index (χ0n) is 13.1. The number of halogens is 1. The van der Waals surface area contributed by atoms with Crippen LogP contribution in [0, 0.1) is 0 Å². The standard InChI is InChI=1S/C18H18ClN3O2/c19-15-4-1-12(2-5-15)13-7-9-22(10-8-13)18(24)14-3-6-16(17(20)23)21-11-14/h1-6,11,13H,7-10H2,(H2,20,23). The molecule has 1 aromatic heterocycles. The Morgan fingerprint density at radius 3 is 2.29 bits per heavy atom. The number of carbonyl (C=O) groups is 2. The first-order valence-electron chi connectivity index (χ1n) is 7.85. The summed E-state index contributed by atoms with van der Waals surface area (Å²) >= 11 is 5.93. The average Bonchev–Trinajstić information content (AvgIpc) is 2.62. The van der Waals surface area contributed by atoms with Crippen LogP contribution in [0.5, 0.6) is 0 Å². The van der Waals surface area contributed by atoms with E-state index < -0.39 is 5.91 Å². The van der Waals surface area contributed by atoms with Crippen molar-refractivity contribution in [2.24, 2.45) is 5.73 Å². The topological polar surface area (TPSA) is 76.3 Å². The number of hydrogen-bond donors (Lipinski definition) is 1. The van der Waals surface area contributed by atoms with Crippen molar-refractivity contribution in [3.63, 3.8) is 0 Å². The summed E-state index contributed by atoms with van der Waals surface area (Å²) in [5, 5.41) is 0.735. The molecule has 6 heteroatoms. The van der Waals surface area contributed by atoms with Crippen LogP contribution in [0.15, 0.2) is 42.6 Å². The van der Waals surface area contributed by atoms with Crippen LogP contribution < -0.4 is 5.73 Å². The second kappa shape index (κ2) is 7.01. The third-order valence-electron chi connectivity index (χ3n) is 4.39. The van der Waals surface area contributed by atoms with E-state index in [1.54, 1.807) is 6.07 Å². The van der Waals surface area contributed by atoms with Gasteiger partial charge >= 0.3 is 0 Å². The van der Waals surface area contributed by atoms with Gasteiger partial charge in [-0.05, 0) is 48.6 Å². The number of pyridine rings is 1. The molecule has 2 aromatic rings. The van der Waals surface area contributed by atoms with Gasteiger partial charge in [-0.3, -0.25) is 14.6 Å². The van der Waals surface area contributed by atoms with E-state index in [0.717, 1.165) is 17.9 Å². The van der Waals surface area contributed by atoms with E-state index in [0.29, 0.717) is 24.6 Å². The van der Waals surface area contributed by atoms with Crippen molar-refractivity contribution in [2.75, 3.05) is 13.1 Å². The number of benzene rings is 1. The molecule has 0 radical (unpaired) electrons. The van der Waals surface area contributed by atoms with Crippen molar-refractivity contribution in [1.29, 1.82) is 0 Å². The van der Waals surface area contributed by atoms with Gasteiger partial charge < -0.3 is 10.6 Å². The van der Waals surface area contributed by atoms with Crippen molar-refractivity contribution in [2.45, 2.75) is 18.8 Å². The van der Waals surface area contributed by atoms with Gasteiger partial charge in [0.15, 0.2) is 0 Å². The Bertz CT molecular complexity index is 736. The summed E-state index contributed by atoms with van der Waals surface area (Å²) in [7, 11) is 0. The van der Waals surface area contributed by atoms with Crippen molar-refractivity contribution in [3.8, 4) is 0 Å². The molecular weight excluding hydrogens is 326 g/mol. The van der Waals surface area contributed by atoms with Gasteiger partial charge in [-0.1, -0.05) is 23.7 Å². The molecule has 5 nitrogen and oxygen atoms in total. The minimum absolute atomic E-state index is 0.0620. The van der Waals surface area contributed by atoms with Gasteiger partial charge in [0.05, 0.1) is 5.56 Å². The van der Waals surface area contributed by atoms with Gasteiger partial charge in [-0.15, -0.1) is 0 Å². The minimum Gasteiger partial charge on any atom is -0.364 e. The van der Waals surface area contributed by atoms with E-state index in [2.05, 4.69) is 17.1 Å². The van der Waals surface area contributed by atoms with E-state index >= 15 is 0 Å². The third-order valence-corrected chi connectivity index (χ3v) is 4.64. The summed E-state index contributed by atoms with van der Waals surface area (Å²) in [5.41, 5.74) is 7.06. The molecule has 2 amide bonds. The van der Waals surface area contributed by atoms with Crippen LogP contribution in [0.1, 0.15) is 45.2 Å². The summed E-state index contributed by atoms with van der Waals surface area (Å²) in [4.78, 5) is 29.3. The number of primary amides is 1. The quantitative estimate of drug-likeness (QED) is 0.931. The number of piperidine rings is 1. The second-order valence-electron chi connectivity index (χ2n) is 5.91. The lowest BCUT2D eigenvalue weighted by Crippen LogP contribution is -2.38. The van der Waals surface area contributed by atoms with E-state index in [4.69, 9.17) is 17.3 Å². The molecule has 0 aliphatic carbocycles. The van der Waals surface area contributed by atoms with Crippen LogP contribution in [0.4, 0.5) is 0 Å². The van der Waals surface area contributed by atoms with Crippen LogP contribution in [0.2, 0.25) is 5.02 Å². The molecule has 1 aliphatic rings. The van der Waals surface area contributed by atoms with Crippen molar-refractivity contribution in [3.05, 3.63) is 64.4 Å². The molecule has 1 aliphatic heterocycles. The second-order valence-corrected chi connectivity index (χ2v) is 6.35. The Kier molecular flexibility index (Phi) is 4.81. The summed E-state index contributed by atoms with van der Waals surface area (Å²) in [5.74, 6) is -0.215. The van der Waals surface area contributed by atoms with Crippen LogP contribution >= 0.6 is 11.6 Å². The predicted octanol–water partition coefficient (Wildman–Crippen LogP) is 2.85. The normalized spacial score (nSPS) is 15.3. The summed E-state index contributed by atoms with van der Waals surface area (Å²) in [6.07, 6.45) is 3.24. The highest BCUT2D eigenvalue weighted by Crippen LogP contribution is 2.29. The van der Waals surface area contributed by atoms with Gasteiger partial charge in [0.25, 0.3) is 11.8 Å². The molecule has 2 N–H and O–H groups in total. The number of amides is 2. The summed E-state index contributed by atoms with van der Waals surface area (Å²) < 4.78 is 0. The molecule has 24 heavy (non-hydrogen) atoms. The van der Waals surface area contributed by atoms with E-state index in [-0.39, 0.29) is 11.6 Å². The Balaban J connectivity index is 1.62. The Morgan fingerprint density at radius 2 is 1.75 bits per heavy atom. The fourth-order valence-corrected chi connectivity index (χ4v) is 3.13. The van der Waals surface area contributed by atoms with E-state index in [9.17, 15) is 9.59 Å². The van der Waals surface area contributed by atoms with Crippen molar-refractivity contribution >= 4 is 23.4 Å². The molecule has 1 fully saturated rings. The highest BCUT2D eigenvalue weighted by molar-refractivity contribution is 6.30. The van der Waals surface area contributed by atoms with Crippen LogP contribution in [-0.2, 0) is 0 Å². The number of carbonyl (C=O) groups excluding carboxylic acids is 2.